The molecule has 232 valence electrons. The van der Waals surface area contributed by atoms with E-state index in [2.05, 4.69) is 43.0 Å². The highest BCUT2D eigenvalue weighted by Gasteiger charge is 2.24. The third kappa shape index (κ3) is 21.7. The molecule has 0 aliphatic carbocycles. The summed E-state index contributed by atoms with van der Waals surface area (Å²) in [4.78, 5) is 5.34. The van der Waals surface area contributed by atoms with Gasteiger partial charge in [-0.2, -0.15) is 0 Å². The van der Waals surface area contributed by atoms with E-state index in [1.807, 2.05) is 0 Å². The van der Waals surface area contributed by atoms with Gasteiger partial charge >= 0.3 is 0 Å². The molecule has 0 amide bonds. The standard InChI is InChI=1S/C37H74N2/c1-4-7-10-12-14-16-18-19-20-21-22-23-24-26-28-30-32-37-38(33-9-6-3)35-36-39(37)34-31-29-27-25-17-15-13-11-8-5-2/h35-37H,4-34H2,1-3H3. The smallest absolute Gasteiger partial charge is 0.101 e. The molecule has 0 aromatic heterocycles. The van der Waals surface area contributed by atoms with Gasteiger partial charge in [-0.3, -0.25) is 0 Å². The topological polar surface area (TPSA) is 6.48 Å². The fourth-order valence-corrected chi connectivity index (χ4v) is 6.34. The minimum atomic E-state index is 0.641. The number of hydrogen-bond donors (Lipinski definition) is 0. The van der Waals surface area contributed by atoms with Crippen LogP contribution < -0.4 is 0 Å². The van der Waals surface area contributed by atoms with Crippen LogP contribution in [0.4, 0.5) is 0 Å². The minimum absolute atomic E-state index is 0.641. The summed E-state index contributed by atoms with van der Waals surface area (Å²) < 4.78 is 0. The average molecular weight is 547 g/mol. The average Bonchev–Trinajstić information content (AvgIpc) is 3.33. The summed E-state index contributed by atoms with van der Waals surface area (Å²) >= 11 is 0. The van der Waals surface area contributed by atoms with Crippen molar-refractivity contribution in [3.05, 3.63) is 12.4 Å². The lowest BCUT2D eigenvalue weighted by molar-refractivity contribution is 0.136. The maximum atomic E-state index is 2.69. The van der Waals surface area contributed by atoms with Gasteiger partial charge in [-0.1, -0.05) is 181 Å². The van der Waals surface area contributed by atoms with Crippen LogP contribution in [0.15, 0.2) is 12.4 Å². The van der Waals surface area contributed by atoms with E-state index in [0.717, 1.165) is 0 Å². The molecule has 0 spiro atoms. The molecule has 0 radical (unpaired) electrons. The summed E-state index contributed by atoms with van der Waals surface area (Å²) in [5, 5.41) is 0. The van der Waals surface area contributed by atoms with Crippen molar-refractivity contribution in [3.63, 3.8) is 0 Å². The van der Waals surface area contributed by atoms with Crippen molar-refractivity contribution in [2.45, 2.75) is 213 Å². The van der Waals surface area contributed by atoms with Crippen LogP contribution in [-0.2, 0) is 0 Å². The molecule has 1 unspecified atom stereocenters. The summed E-state index contributed by atoms with van der Waals surface area (Å²) in [7, 11) is 0. The molecule has 1 heterocycles. The van der Waals surface area contributed by atoms with E-state index in [4.69, 9.17) is 0 Å². The van der Waals surface area contributed by atoms with Gasteiger partial charge in [0.25, 0.3) is 0 Å². The first-order chi connectivity index (χ1) is 19.3. The quantitative estimate of drug-likeness (QED) is 0.0798. The molecule has 39 heavy (non-hydrogen) atoms. The Labute approximate surface area is 248 Å². The maximum absolute atomic E-state index is 2.69. The molecule has 1 rings (SSSR count). The SMILES string of the molecule is CCCCCCCCCCCCCCCCCCC1N(CCCC)C=CN1CCCCCCCCCCCC. The summed E-state index contributed by atoms with van der Waals surface area (Å²) in [5.74, 6) is 0. The van der Waals surface area contributed by atoms with Gasteiger partial charge in [-0.25, -0.2) is 0 Å². The van der Waals surface area contributed by atoms with Gasteiger partial charge in [0.15, 0.2) is 0 Å². The zero-order valence-electron chi connectivity index (χ0n) is 27.5. The van der Waals surface area contributed by atoms with Crippen molar-refractivity contribution in [2.24, 2.45) is 0 Å². The number of nitrogens with zero attached hydrogens (tertiary/aromatic N) is 2. The van der Waals surface area contributed by atoms with Crippen molar-refractivity contribution in [1.29, 1.82) is 0 Å². The zero-order valence-corrected chi connectivity index (χ0v) is 27.5. The molecule has 0 bridgehead atoms. The van der Waals surface area contributed by atoms with Crippen molar-refractivity contribution in [3.8, 4) is 0 Å². The Morgan fingerprint density at radius 3 is 0.974 bits per heavy atom. The number of rotatable bonds is 31. The van der Waals surface area contributed by atoms with Gasteiger partial charge in [0.2, 0.25) is 0 Å². The van der Waals surface area contributed by atoms with E-state index in [-0.39, 0.29) is 0 Å². The molecular formula is C37H74N2. The third-order valence-electron chi connectivity index (χ3n) is 9.07. The van der Waals surface area contributed by atoms with Gasteiger partial charge in [-0.05, 0) is 25.7 Å². The summed E-state index contributed by atoms with van der Waals surface area (Å²) in [6, 6.07) is 0. The van der Waals surface area contributed by atoms with Crippen LogP contribution in [0.25, 0.3) is 0 Å². The van der Waals surface area contributed by atoms with Crippen molar-refractivity contribution >= 4 is 0 Å². The highest BCUT2D eigenvalue weighted by molar-refractivity contribution is 4.96. The first-order valence-electron chi connectivity index (χ1n) is 18.5. The lowest BCUT2D eigenvalue weighted by Crippen LogP contribution is -2.39. The van der Waals surface area contributed by atoms with E-state index in [1.54, 1.807) is 0 Å². The van der Waals surface area contributed by atoms with Gasteiger partial charge in [0.05, 0.1) is 0 Å². The molecule has 0 saturated carbocycles. The molecule has 1 aliphatic heterocycles. The van der Waals surface area contributed by atoms with Crippen LogP contribution in [0.2, 0.25) is 0 Å². The Balaban J connectivity index is 2.03. The van der Waals surface area contributed by atoms with Crippen molar-refractivity contribution in [1.82, 2.24) is 9.80 Å². The van der Waals surface area contributed by atoms with Crippen LogP contribution in [0, 0.1) is 0 Å². The molecule has 1 atom stereocenters. The Kier molecular flexibility index (Phi) is 26.9. The minimum Gasteiger partial charge on any atom is -0.356 e. The summed E-state index contributed by atoms with van der Waals surface area (Å²) in [5.41, 5.74) is 0. The highest BCUT2D eigenvalue weighted by Crippen LogP contribution is 2.23. The van der Waals surface area contributed by atoms with Gasteiger partial charge in [0, 0.05) is 25.5 Å². The molecule has 1 aliphatic rings. The molecule has 0 fully saturated rings. The molecule has 2 heteroatoms. The maximum Gasteiger partial charge on any atom is 0.101 e. The number of unbranched alkanes of at least 4 members (excludes halogenated alkanes) is 25. The summed E-state index contributed by atoms with van der Waals surface area (Å²) in [6.45, 7) is 9.45. The Hall–Kier alpha value is -0.660. The Morgan fingerprint density at radius 1 is 0.333 bits per heavy atom. The Morgan fingerprint density at radius 2 is 0.615 bits per heavy atom. The predicted octanol–water partition coefficient (Wildman–Crippen LogP) is 12.8. The lowest BCUT2D eigenvalue weighted by atomic mass is 10.0. The fraction of sp³-hybridized carbons (Fsp3) is 0.946. The lowest BCUT2D eigenvalue weighted by Gasteiger charge is -2.33. The molecule has 0 N–H and O–H groups in total. The second-order valence-corrected chi connectivity index (χ2v) is 12.9. The van der Waals surface area contributed by atoms with E-state index in [0.29, 0.717) is 6.17 Å². The largest absolute Gasteiger partial charge is 0.356 e. The monoisotopic (exact) mass is 547 g/mol. The zero-order chi connectivity index (χ0) is 28.1. The molecular weight excluding hydrogens is 472 g/mol. The highest BCUT2D eigenvalue weighted by atomic mass is 15.4. The van der Waals surface area contributed by atoms with Crippen LogP contribution in [0.3, 0.4) is 0 Å². The van der Waals surface area contributed by atoms with E-state index in [1.165, 1.54) is 199 Å². The molecule has 2 nitrogen and oxygen atoms in total. The van der Waals surface area contributed by atoms with Crippen molar-refractivity contribution < 1.29 is 0 Å². The predicted molar refractivity (Wildman–Crippen MR) is 177 cm³/mol. The first-order valence-corrected chi connectivity index (χ1v) is 18.5. The van der Waals surface area contributed by atoms with Gasteiger partial charge in [-0.15, -0.1) is 0 Å². The second kappa shape index (κ2) is 28.9. The first kappa shape index (κ1) is 36.4. The van der Waals surface area contributed by atoms with Crippen LogP contribution in [-0.4, -0.2) is 29.1 Å². The number of hydrogen-bond acceptors (Lipinski definition) is 2. The fourth-order valence-electron chi connectivity index (χ4n) is 6.34. The molecule has 0 aromatic carbocycles. The Bertz CT molecular complexity index is 502. The van der Waals surface area contributed by atoms with E-state index in [9.17, 15) is 0 Å². The van der Waals surface area contributed by atoms with Crippen LogP contribution >= 0.6 is 0 Å². The van der Waals surface area contributed by atoms with Crippen molar-refractivity contribution in [2.75, 3.05) is 13.1 Å². The van der Waals surface area contributed by atoms with E-state index >= 15 is 0 Å². The second-order valence-electron chi connectivity index (χ2n) is 12.9. The normalized spacial score (nSPS) is 15.2. The van der Waals surface area contributed by atoms with E-state index < -0.39 is 0 Å². The third-order valence-corrected chi connectivity index (χ3v) is 9.07. The van der Waals surface area contributed by atoms with Gasteiger partial charge in [0.1, 0.15) is 6.17 Å². The molecule has 0 saturated heterocycles. The molecule has 0 aromatic rings. The van der Waals surface area contributed by atoms with Crippen LogP contribution in [0.1, 0.15) is 207 Å². The van der Waals surface area contributed by atoms with Crippen LogP contribution in [0.5, 0.6) is 0 Å². The van der Waals surface area contributed by atoms with Gasteiger partial charge < -0.3 is 9.80 Å². The summed E-state index contributed by atoms with van der Waals surface area (Å²) in [6.07, 6.45) is 47.0.